The largest absolute Gasteiger partial charge is 0.488 e. The first-order valence-electron chi connectivity index (χ1n) is 9.12. The number of aromatic amines is 2. The van der Waals surface area contributed by atoms with Crippen molar-refractivity contribution >= 4 is 11.0 Å². The summed E-state index contributed by atoms with van der Waals surface area (Å²) >= 11 is 0. The molecule has 0 aliphatic heterocycles. The quantitative estimate of drug-likeness (QED) is 0.449. The third-order valence-electron chi connectivity index (χ3n) is 4.70. The zero-order chi connectivity index (χ0) is 18.8. The van der Waals surface area contributed by atoms with Crippen molar-refractivity contribution in [2.24, 2.45) is 0 Å². The van der Waals surface area contributed by atoms with E-state index in [0.29, 0.717) is 6.61 Å². The summed E-state index contributed by atoms with van der Waals surface area (Å²) in [5.74, 6) is 0.831. The van der Waals surface area contributed by atoms with E-state index in [1.165, 1.54) is 0 Å². The maximum absolute atomic E-state index is 6.12. The third kappa shape index (κ3) is 3.03. The number of nitrogens with one attached hydrogen (secondary N) is 2. The lowest BCUT2D eigenvalue weighted by Gasteiger charge is -2.12. The van der Waals surface area contributed by atoms with Gasteiger partial charge in [-0.3, -0.25) is 5.10 Å². The SMILES string of the molecule is c1ccc(COc2ccccc2-c2cnc3[nH]nc(-c4ccc[nH]4)c3c2)cc1. The van der Waals surface area contributed by atoms with Crippen LogP contribution in [0.5, 0.6) is 5.75 Å². The lowest BCUT2D eigenvalue weighted by Crippen LogP contribution is -1.97. The normalized spacial score (nSPS) is 11.0. The summed E-state index contributed by atoms with van der Waals surface area (Å²) in [7, 11) is 0. The minimum atomic E-state index is 0.521. The van der Waals surface area contributed by atoms with E-state index >= 15 is 0 Å². The molecular weight excluding hydrogens is 348 g/mol. The number of nitrogens with zero attached hydrogens (tertiary/aromatic N) is 2. The van der Waals surface area contributed by atoms with Gasteiger partial charge in [0, 0.05) is 28.9 Å². The van der Waals surface area contributed by atoms with Gasteiger partial charge in [-0.15, -0.1) is 0 Å². The number of pyridine rings is 1. The summed E-state index contributed by atoms with van der Waals surface area (Å²) in [5.41, 5.74) is 5.71. The van der Waals surface area contributed by atoms with E-state index in [1.54, 1.807) is 0 Å². The molecule has 3 heterocycles. The average molecular weight is 366 g/mol. The van der Waals surface area contributed by atoms with Crippen LogP contribution in [0.15, 0.2) is 85.2 Å². The van der Waals surface area contributed by atoms with Crippen LogP contribution in [-0.4, -0.2) is 20.2 Å². The fourth-order valence-electron chi connectivity index (χ4n) is 3.30. The maximum atomic E-state index is 6.12. The van der Waals surface area contributed by atoms with E-state index in [4.69, 9.17) is 4.74 Å². The summed E-state index contributed by atoms with van der Waals surface area (Å²) in [6.07, 6.45) is 3.74. The highest BCUT2D eigenvalue weighted by molar-refractivity contribution is 5.93. The van der Waals surface area contributed by atoms with Gasteiger partial charge in [-0.05, 0) is 29.8 Å². The van der Waals surface area contributed by atoms with Crippen molar-refractivity contribution in [3.05, 3.63) is 90.8 Å². The summed E-state index contributed by atoms with van der Waals surface area (Å²) in [6, 6.07) is 24.3. The fourth-order valence-corrected chi connectivity index (χ4v) is 3.30. The summed E-state index contributed by atoms with van der Waals surface area (Å²) in [6.45, 7) is 0.521. The molecule has 5 heteroatoms. The Morgan fingerprint density at radius 1 is 0.893 bits per heavy atom. The number of benzene rings is 2. The van der Waals surface area contributed by atoms with E-state index in [1.807, 2.05) is 60.9 Å². The van der Waals surface area contributed by atoms with Crippen LogP contribution in [0.4, 0.5) is 0 Å². The van der Waals surface area contributed by atoms with Crippen LogP contribution in [0.25, 0.3) is 33.5 Å². The van der Waals surface area contributed by atoms with Crippen molar-refractivity contribution in [3.8, 4) is 28.3 Å². The van der Waals surface area contributed by atoms with E-state index < -0.39 is 0 Å². The fraction of sp³-hybridized carbons (Fsp3) is 0.0435. The molecule has 3 aromatic heterocycles. The van der Waals surface area contributed by atoms with Crippen molar-refractivity contribution in [3.63, 3.8) is 0 Å². The molecule has 5 rings (SSSR count). The Balaban J connectivity index is 1.52. The van der Waals surface area contributed by atoms with Gasteiger partial charge in [0.1, 0.15) is 18.1 Å². The maximum Gasteiger partial charge on any atom is 0.155 e. The van der Waals surface area contributed by atoms with Crippen LogP contribution in [0.1, 0.15) is 5.56 Å². The van der Waals surface area contributed by atoms with Gasteiger partial charge in [0.2, 0.25) is 0 Å². The van der Waals surface area contributed by atoms with E-state index in [-0.39, 0.29) is 0 Å². The van der Waals surface area contributed by atoms with Crippen LogP contribution in [0.2, 0.25) is 0 Å². The second-order valence-electron chi connectivity index (χ2n) is 6.55. The molecular formula is C23H18N4O. The molecule has 0 saturated carbocycles. The Hall–Kier alpha value is -3.86. The summed E-state index contributed by atoms with van der Waals surface area (Å²) in [4.78, 5) is 7.77. The number of H-pyrrole nitrogens is 2. The molecule has 0 saturated heterocycles. The van der Waals surface area contributed by atoms with E-state index in [9.17, 15) is 0 Å². The van der Waals surface area contributed by atoms with Gasteiger partial charge in [0.25, 0.3) is 0 Å². The number of hydrogen-bond donors (Lipinski definition) is 2. The Kier molecular flexibility index (Phi) is 4.10. The zero-order valence-corrected chi connectivity index (χ0v) is 15.1. The van der Waals surface area contributed by atoms with Crippen molar-refractivity contribution < 1.29 is 4.74 Å². The molecule has 0 amide bonds. The molecule has 136 valence electrons. The number of ether oxygens (including phenoxy) is 1. The van der Waals surface area contributed by atoms with Crippen molar-refractivity contribution in [2.45, 2.75) is 6.61 Å². The molecule has 0 radical (unpaired) electrons. The molecule has 0 bridgehead atoms. The van der Waals surface area contributed by atoms with Gasteiger partial charge >= 0.3 is 0 Å². The molecule has 0 atom stereocenters. The van der Waals surface area contributed by atoms with Crippen molar-refractivity contribution in [1.82, 2.24) is 20.2 Å². The van der Waals surface area contributed by atoms with Crippen LogP contribution in [0, 0.1) is 0 Å². The first kappa shape index (κ1) is 16.3. The minimum Gasteiger partial charge on any atom is -0.488 e. The number of hydrogen-bond acceptors (Lipinski definition) is 3. The van der Waals surface area contributed by atoms with Gasteiger partial charge in [-0.25, -0.2) is 4.98 Å². The standard InChI is InChI=1S/C23H18N4O/c1-2-7-16(8-3-1)15-28-21-11-5-4-9-18(21)17-13-19-22(20-10-6-12-24-20)26-27-23(19)25-14-17/h1-14,24H,15H2,(H,25,26,27). The van der Waals surface area contributed by atoms with Gasteiger partial charge in [-0.1, -0.05) is 48.5 Å². The molecule has 5 nitrogen and oxygen atoms in total. The second kappa shape index (κ2) is 7.04. The van der Waals surface area contributed by atoms with Crippen molar-refractivity contribution in [2.75, 3.05) is 0 Å². The first-order chi connectivity index (χ1) is 13.9. The monoisotopic (exact) mass is 366 g/mol. The van der Waals surface area contributed by atoms with Crippen molar-refractivity contribution in [1.29, 1.82) is 0 Å². The predicted octanol–water partition coefficient (Wildman–Crippen LogP) is 5.20. The Morgan fingerprint density at radius 2 is 1.75 bits per heavy atom. The molecule has 5 aromatic rings. The molecule has 0 spiro atoms. The molecule has 0 aliphatic rings. The Morgan fingerprint density at radius 3 is 2.61 bits per heavy atom. The summed E-state index contributed by atoms with van der Waals surface area (Å²) in [5, 5.41) is 8.40. The zero-order valence-electron chi connectivity index (χ0n) is 15.1. The number of para-hydroxylation sites is 1. The second-order valence-corrected chi connectivity index (χ2v) is 6.55. The van der Waals surface area contributed by atoms with Crippen LogP contribution in [0.3, 0.4) is 0 Å². The average Bonchev–Trinajstić information content (AvgIpc) is 3.42. The molecule has 0 fully saturated rings. The van der Waals surface area contributed by atoms with E-state index in [0.717, 1.165) is 44.9 Å². The first-order valence-corrected chi connectivity index (χ1v) is 9.12. The van der Waals surface area contributed by atoms with Crippen LogP contribution in [-0.2, 0) is 6.61 Å². The number of fused-ring (bicyclic) bond motifs is 1. The minimum absolute atomic E-state index is 0.521. The smallest absolute Gasteiger partial charge is 0.155 e. The van der Waals surface area contributed by atoms with E-state index in [2.05, 4.69) is 44.4 Å². The van der Waals surface area contributed by atoms with Gasteiger partial charge in [-0.2, -0.15) is 5.10 Å². The topological polar surface area (TPSA) is 66.6 Å². The third-order valence-corrected chi connectivity index (χ3v) is 4.70. The number of rotatable bonds is 5. The highest BCUT2D eigenvalue weighted by Crippen LogP contribution is 2.33. The molecule has 2 aromatic carbocycles. The molecule has 0 aliphatic carbocycles. The Bertz CT molecular complexity index is 1210. The highest BCUT2D eigenvalue weighted by Gasteiger charge is 2.13. The highest BCUT2D eigenvalue weighted by atomic mass is 16.5. The van der Waals surface area contributed by atoms with Crippen LogP contribution < -0.4 is 4.74 Å². The summed E-state index contributed by atoms with van der Waals surface area (Å²) < 4.78 is 6.12. The number of aromatic nitrogens is 4. The van der Waals surface area contributed by atoms with Gasteiger partial charge < -0.3 is 9.72 Å². The Labute approximate surface area is 162 Å². The van der Waals surface area contributed by atoms with Crippen LogP contribution >= 0.6 is 0 Å². The molecule has 28 heavy (non-hydrogen) atoms. The lowest BCUT2D eigenvalue weighted by molar-refractivity contribution is 0.307. The predicted molar refractivity (Wildman–Crippen MR) is 110 cm³/mol. The van der Waals surface area contributed by atoms with Gasteiger partial charge in [0.05, 0.1) is 5.69 Å². The molecule has 2 N–H and O–H groups in total. The van der Waals surface area contributed by atoms with Gasteiger partial charge in [0.15, 0.2) is 5.65 Å². The molecule has 0 unspecified atom stereocenters. The lowest BCUT2D eigenvalue weighted by atomic mass is 10.0.